The van der Waals surface area contributed by atoms with E-state index in [1.165, 1.54) is 27.4 Å². The summed E-state index contributed by atoms with van der Waals surface area (Å²) < 4.78 is 42.2. The second-order valence-electron chi connectivity index (χ2n) is 6.79. The van der Waals surface area contributed by atoms with Crippen LogP contribution in [0.15, 0.2) is 41.6 Å². The van der Waals surface area contributed by atoms with Crippen LogP contribution in [-0.4, -0.2) is 41.6 Å². The number of piperidine rings is 1. The minimum atomic E-state index is -3.68. The lowest BCUT2D eigenvalue weighted by atomic mass is 9.81. The molecule has 0 spiro atoms. The molecule has 0 saturated carbocycles. The van der Waals surface area contributed by atoms with Crippen molar-refractivity contribution in [1.82, 2.24) is 14.1 Å². The first-order valence-corrected chi connectivity index (χ1v) is 9.21. The standard InChI is InChI=1S/C16H21FN4O2S/c1-16(2)11-20(8-7-15(16)18)24(22,23)12-9-19-21(10-12)14-6-4-3-5-13(14)17/h3-6,9-10,15H,7-8,11,18H2,1-2H3. The van der Waals surface area contributed by atoms with Gasteiger partial charge in [0.05, 0.1) is 12.4 Å². The molecule has 8 heteroatoms. The van der Waals surface area contributed by atoms with Gasteiger partial charge in [-0.1, -0.05) is 26.0 Å². The molecule has 24 heavy (non-hydrogen) atoms. The summed E-state index contributed by atoms with van der Waals surface area (Å²) in [6.45, 7) is 4.64. The molecule has 0 radical (unpaired) electrons. The number of benzene rings is 1. The molecule has 1 aliphatic heterocycles. The van der Waals surface area contributed by atoms with Gasteiger partial charge in [-0.25, -0.2) is 17.5 Å². The van der Waals surface area contributed by atoms with Crippen LogP contribution in [0.2, 0.25) is 0 Å². The molecule has 130 valence electrons. The summed E-state index contributed by atoms with van der Waals surface area (Å²) in [6, 6.07) is 6.05. The van der Waals surface area contributed by atoms with Crippen molar-refractivity contribution in [3.8, 4) is 5.69 Å². The molecule has 2 N–H and O–H groups in total. The number of hydrogen-bond donors (Lipinski definition) is 1. The Kier molecular flexibility index (Phi) is 4.23. The maximum Gasteiger partial charge on any atom is 0.246 e. The molecule has 3 rings (SSSR count). The summed E-state index contributed by atoms with van der Waals surface area (Å²) in [4.78, 5) is 0.0528. The van der Waals surface area contributed by atoms with Gasteiger partial charge in [-0.15, -0.1) is 0 Å². The van der Waals surface area contributed by atoms with Crippen LogP contribution in [0.4, 0.5) is 4.39 Å². The molecule has 1 aromatic carbocycles. The SMILES string of the molecule is CC1(C)CN(S(=O)(=O)c2cnn(-c3ccccc3F)c2)CCC1N. The third kappa shape index (κ3) is 2.97. The zero-order valence-corrected chi connectivity index (χ0v) is 14.5. The number of rotatable bonds is 3. The quantitative estimate of drug-likeness (QED) is 0.913. The van der Waals surface area contributed by atoms with Crippen LogP contribution >= 0.6 is 0 Å². The van der Waals surface area contributed by atoms with E-state index >= 15 is 0 Å². The minimum absolute atomic E-state index is 0.0370. The number of sulfonamides is 1. The molecular weight excluding hydrogens is 331 g/mol. The van der Waals surface area contributed by atoms with Gasteiger partial charge in [0.2, 0.25) is 10.0 Å². The fraction of sp³-hybridized carbons (Fsp3) is 0.438. The van der Waals surface area contributed by atoms with Crippen molar-refractivity contribution in [3.63, 3.8) is 0 Å². The maximum atomic E-state index is 13.8. The monoisotopic (exact) mass is 352 g/mol. The first-order valence-electron chi connectivity index (χ1n) is 7.77. The Morgan fingerprint density at radius 1 is 1.33 bits per heavy atom. The van der Waals surface area contributed by atoms with E-state index in [4.69, 9.17) is 5.73 Å². The zero-order chi connectivity index (χ0) is 17.5. The third-order valence-corrected chi connectivity index (χ3v) is 6.37. The van der Waals surface area contributed by atoms with Gasteiger partial charge in [-0.2, -0.15) is 9.40 Å². The van der Waals surface area contributed by atoms with Crippen LogP contribution in [0.5, 0.6) is 0 Å². The van der Waals surface area contributed by atoms with Gasteiger partial charge < -0.3 is 5.73 Å². The fourth-order valence-electron chi connectivity index (χ4n) is 2.89. The van der Waals surface area contributed by atoms with Gasteiger partial charge in [0.15, 0.2) is 0 Å². The minimum Gasteiger partial charge on any atom is -0.327 e. The van der Waals surface area contributed by atoms with Gasteiger partial charge in [0.25, 0.3) is 0 Å². The molecule has 0 aliphatic carbocycles. The van der Waals surface area contributed by atoms with Gasteiger partial charge >= 0.3 is 0 Å². The lowest BCUT2D eigenvalue weighted by Crippen LogP contribution is -2.53. The Morgan fingerprint density at radius 3 is 2.71 bits per heavy atom. The van der Waals surface area contributed by atoms with Crippen LogP contribution in [-0.2, 0) is 10.0 Å². The number of para-hydroxylation sites is 1. The Balaban J connectivity index is 1.91. The van der Waals surface area contributed by atoms with Crippen LogP contribution in [0, 0.1) is 11.2 Å². The van der Waals surface area contributed by atoms with Crippen molar-refractivity contribution < 1.29 is 12.8 Å². The highest BCUT2D eigenvalue weighted by atomic mass is 32.2. The van der Waals surface area contributed by atoms with Gasteiger partial charge in [0.1, 0.15) is 16.4 Å². The lowest BCUT2D eigenvalue weighted by molar-refractivity contribution is 0.155. The average molecular weight is 352 g/mol. The number of hydrogen-bond acceptors (Lipinski definition) is 4. The smallest absolute Gasteiger partial charge is 0.246 e. The predicted molar refractivity (Wildman–Crippen MR) is 88.7 cm³/mol. The number of nitrogens with zero attached hydrogens (tertiary/aromatic N) is 3. The van der Waals surface area contributed by atoms with Crippen LogP contribution in [0.25, 0.3) is 5.69 Å². The summed E-state index contributed by atoms with van der Waals surface area (Å²) in [5, 5.41) is 4.01. The van der Waals surface area contributed by atoms with E-state index in [0.29, 0.717) is 19.5 Å². The highest BCUT2D eigenvalue weighted by molar-refractivity contribution is 7.89. The molecule has 2 aromatic rings. The van der Waals surface area contributed by atoms with Gasteiger partial charge in [-0.05, 0) is 24.0 Å². The lowest BCUT2D eigenvalue weighted by Gasteiger charge is -2.41. The summed E-state index contributed by atoms with van der Waals surface area (Å²) in [7, 11) is -3.68. The summed E-state index contributed by atoms with van der Waals surface area (Å²) >= 11 is 0. The summed E-state index contributed by atoms with van der Waals surface area (Å²) in [6.07, 6.45) is 3.20. The van der Waals surface area contributed by atoms with Crippen molar-refractivity contribution in [1.29, 1.82) is 0 Å². The van der Waals surface area contributed by atoms with Crippen LogP contribution < -0.4 is 5.73 Å². The first-order chi connectivity index (χ1) is 11.2. The maximum absolute atomic E-state index is 13.8. The topological polar surface area (TPSA) is 81.2 Å². The Hall–Kier alpha value is -1.77. The van der Waals surface area contributed by atoms with Crippen LogP contribution in [0.3, 0.4) is 0 Å². The average Bonchev–Trinajstić information content (AvgIpc) is 3.00. The number of nitrogens with two attached hydrogens (primary N) is 1. The molecule has 1 fully saturated rings. The second kappa shape index (κ2) is 5.94. The van der Waals surface area contributed by atoms with E-state index in [1.54, 1.807) is 18.2 Å². The normalized spacial score (nSPS) is 21.8. The second-order valence-corrected chi connectivity index (χ2v) is 8.73. The fourth-order valence-corrected chi connectivity index (χ4v) is 4.45. The van der Waals surface area contributed by atoms with Crippen LogP contribution in [0.1, 0.15) is 20.3 Å². The van der Waals surface area contributed by atoms with Crippen molar-refractivity contribution in [2.45, 2.75) is 31.2 Å². The van der Waals surface area contributed by atoms with Gasteiger partial charge in [-0.3, -0.25) is 0 Å². The van der Waals surface area contributed by atoms with Crippen molar-refractivity contribution in [2.24, 2.45) is 11.1 Å². The summed E-state index contributed by atoms with van der Waals surface area (Å²) in [5.74, 6) is -0.463. The van der Waals surface area contributed by atoms with Crippen molar-refractivity contribution in [2.75, 3.05) is 13.1 Å². The molecule has 0 bridgehead atoms. The van der Waals surface area contributed by atoms with E-state index in [-0.39, 0.29) is 22.0 Å². The largest absolute Gasteiger partial charge is 0.327 e. The number of halogens is 1. The Labute approximate surface area is 141 Å². The molecule has 1 unspecified atom stereocenters. The molecule has 1 atom stereocenters. The molecule has 6 nitrogen and oxygen atoms in total. The molecule has 1 aromatic heterocycles. The highest BCUT2D eigenvalue weighted by Gasteiger charge is 2.39. The van der Waals surface area contributed by atoms with Crippen molar-refractivity contribution in [3.05, 3.63) is 42.5 Å². The van der Waals surface area contributed by atoms with E-state index in [2.05, 4.69) is 5.10 Å². The molecule has 1 aliphatic rings. The van der Waals surface area contributed by atoms with Crippen molar-refractivity contribution >= 4 is 10.0 Å². The molecule has 0 amide bonds. The highest BCUT2D eigenvalue weighted by Crippen LogP contribution is 2.31. The molecule has 2 heterocycles. The van der Waals surface area contributed by atoms with Gasteiger partial charge in [0, 0.05) is 19.1 Å². The van der Waals surface area contributed by atoms with E-state index < -0.39 is 15.8 Å². The van der Waals surface area contributed by atoms with E-state index in [1.807, 2.05) is 13.8 Å². The Morgan fingerprint density at radius 2 is 2.04 bits per heavy atom. The first kappa shape index (κ1) is 17.1. The molecular formula is C16H21FN4O2S. The zero-order valence-electron chi connectivity index (χ0n) is 13.7. The number of aromatic nitrogens is 2. The predicted octanol–water partition coefficient (Wildman–Crippen LogP) is 1.76. The summed E-state index contributed by atoms with van der Waals surface area (Å²) in [5.41, 5.74) is 5.98. The molecule has 1 saturated heterocycles. The Bertz CT molecular complexity index is 847. The third-order valence-electron chi connectivity index (χ3n) is 4.57. The van der Waals surface area contributed by atoms with E-state index in [0.717, 1.165) is 0 Å². The van der Waals surface area contributed by atoms with E-state index in [9.17, 15) is 12.8 Å².